The van der Waals surface area contributed by atoms with Crippen molar-refractivity contribution in [1.82, 2.24) is 0 Å². The molecule has 0 amide bonds. The van der Waals surface area contributed by atoms with E-state index in [1.807, 2.05) is 21.1 Å². The van der Waals surface area contributed by atoms with Crippen LogP contribution in [0.4, 0.5) is 0 Å². The minimum Gasteiger partial charge on any atom is -0.756 e. The van der Waals surface area contributed by atoms with Gasteiger partial charge < -0.3 is 27.9 Å². The number of esters is 2. The van der Waals surface area contributed by atoms with Crippen LogP contribution in [0.3, 0.4) is 0 Å². The van der Waals surface area contributed by atoms with Crippen molar-refractivity contribution < 1.29 is 42.1 Å². The van der Waals surface area contributed by atoms with Crippen LogP contribution in [0, 0.1) is 0 Å². The first-order valence-electron chi connectivity index (χ1n) is 43.2. The minimum atomic E-state index is -4.65. The molecular weight excluding hydrogens is 1280 g/mol. The zero-order valence-electron chi connectivity index (χ0n) is 67.5. The number of hydrogen-bond donors (Lipinski definition) is 0. The molecular formula is C92H164NO8P. The molecule has 0 spiro atoms. The highest BCUT2D eigenvalue weighted by molar-refractivity contribution is 7.45. The number of hydrogen-bond acceptors (Lipinski definition) is 8. The van der Waals surface area contributed by atoms with Crippen molar-refractivity contribution in [2.45, 2.75) is 405 Å². The molecule has 10 heteroatoms. The highest BCUT2D eigenvalue weighted by Crippen LogP contribution is 2.38. The fourth-order valence-electron chi connectivity index (χ4n) is 12.4. The molecule has 0 heterocycles. The Hall–Kier alpha value is -3.59. The van der Waals surface area contributed by atoms with Gasteiger partial charge in [0.15, 0.2) is 6.10 Å². The van der Waals surface area contributed by atoms with Gasteiger partial charge in [0, 0.05) is 12.8 Å². The average molecular weight is 1440 g/mol. The number of unbranched alkanes of at least 4 members (excludes halogenated alkanes) is 46. The van der Waals surface area contributed by atoms with Crippen molar-refractivity contribution in [2.75, 3.05) is 47.5 Å². The van der Waals surface area contributed by atoms with Gasteiger partial charge in [-0.05, 0) is 109 Å². The van der Waals surface area contributed by atoms with Gasteiger partial charge >= 0.3 is 11.9 Å². The van der Waals surface area contributed by atoms with Crippen molar-refractivity contribution in [3.05, 3.63) is 122 Å². The molecule has 0 aromatic heterocycles. The van der Waals surface area contributed by atoms with E-state index in [-0.39, 0.29) is 32.0 Å². The Bertz CT molecular complexity index is 2140. The summed E-state index contributed by atoms with van der Waals surface area (Å²) in [5, 5.41) is 0. The highest BCUT2D eigenvalue weighted by atomic mass is 31.2. The van der Waals surface area contributed by atoms with Gasteiger partial charge in [0.05, 0.1) is 27.7 Å². The first-order chi connectivity index (χ1) is 50.0. The topological polar surface area (TPSA) is 111 Å². The van der Waals surface area contributed by atoms with Gasteiger partial charge in [0.1, 0.15) is 19.8 Å². The molecule has 0 N–H and O–H groups in total. The third-order valence-corrected chi connectivity index (χ3v) is 19.9. The van der Waals surface area contributed by atoms with Crippen molar-refractivity contribution in [3.8, 4) is 0 Å². The monoisotopic (exact) mass is 1440 g/mol. The Kier molecular flexibility index (Phi) is 78.6. The standard InChI is InChI=1S/C92H164NO8P/c1-6-8-10-12-14-16-18-20-22-24-26-28-30-32-34-36-38-40-42-44-46-48-50-52-54-56-58-60-62-64-66-68-70-72-74-76-78-80-82-84-91(94)98-88-90(89-100-102(96,97)99-87-86-93(3,4)5)101-92(95)85-83-81-79-77-75-73-71-69-67-65-63-61-59-57-55-53-51-49-47-45-43-41-39-37-35-33-31-29-27-25-23-21-19-17-15-13-11-9-7-2/h9,11,15,17-18,20-21,23-24,26-27,29-30,32-33,35,39,41,45,47,90H,6-8,10,12-14,16,19,22,25,28,31,34,36-38,40,42-44,46,48-89H2,1-5H3/b11-9-,17-15-,20-18-,23-21-,26-24-,29-27-,32-30-,35-33-,41-39-,47-45-. The normalized spacial score (nSPS) is 13.6. The fourth-order valence-corrected chi connectivity index (χ4v) is 13.1. The van der Waals surface area contributed by atoms with Crippen molar-refractivity contribution >= 4 is 19.8 Å². The van der Waals surface area contributed by atoms with Crippen LogP contribution < -0.4 is 4.89 Å². The number of quaternary nitrogens is 1. The number of allylic oxidation sites excluding steroid dienone is 20. The van der Waals surface area contributed by atoms with Crippen molar-refractivity contribution in [3.63, 3.8) is 0 Å². The molecule has 0 fully saturated rings. The van der Waals surface area contributed by atoms with Crippen LogP contribution in [0.2, 0.25) is 0 Å². The maximum Gasteiger partial charge on any atom is 0.306 e. The molecule has 2 unspecified atom stereocenters. The van der Waals surface area contributed by atoms with Crippen molar-refractivity contribution in [2.24, 2.45) is 0 Å². The third-order valence-electron chi connectivity index (χ3n) is 19.0. The summed E-state index contributed by atoms with van der Waals surface area (Å²) in [5.74, 6) is -0.817. The van der Waals surface area contributed by atoms with E-state index in [1.165, 1.54) is 270 Å². The predicted molar refractivity (Wildman–Crippen MR) is 443 cm³/mol. The molecule has 0 radical (unpaired) electrons. The summed E-state index contributed by atoms with van der Waals surface area (Å²) < 4.78 is 34.5. The minimum absolute atomic E-state index is 0.0318. The first kappa shape index (κ1) is 98.4. The Morgan fingerprint density at radius 3 is 0.833 bits per heavy atom. The van der Waals surface area contributed by atoms with Gasteiger partial charge in [-0.1, -0.05) is 399 Å². The second kappa shape index (κ2) is 81.5. The quantitative estimate of drug-likeness (QED) is 0.0195. The number of phosphoric ester groups is 1. The largest absolute Gasteiger partial charge is 0.756 e. The number of carbonyl (C=O) groups excluding carboxylic acids is 2. The van der Waals surface area contributed by atoms with Crippen LogP contribution in [0.25, 0.3) is 0 Å². The van der Waals surface area contributed by atoms with E-state index in [2.05, 4.69) is 135 Å². The lowest BCUT2D eigenvalue weighted by Crippen LogP contribution is -2.37. The SMILES string of the molecule is CC/C=C\C/C=C\C/C=C\C/C=C\C/C=C\C/C=C\C/C=C\CCCCCCCCCCCCCCCCCCCC(=O)OC(COC(=O)CCCCCCCCCCCCCCCCCCCCCCCCCC/C=C\C/C=C\C/C=C\CCCCCCC)COP(=O)([O-])OCC[N+](C)(C)C. The second-order valence-electron chi connectivity index (χ2n) is 30.2. The van der Waals surface area contributed by atoms with E-state index in [0.29, 0.717) is 17.4 Å². The summed E-state index contributed by atoms with van der Waals surface area (Å²) in [6.07, 6.45) is 118. The second-order valence-corrected chi connectivity index (χ2v) is 31.6. The summed E-state index contributed by atoms with van der Waals surface area (Å²) in [6.45, 7) is 4.16. The van der Waals surface area contributed by atoms with E-state index in [4.69, 9.17) is 18.5 Å². The Labute approximate surface area is 632 Å². The zero-order chi connectivity index (χ0) is 74.0. The molecule has 0 aliphatic carbocycles. The average Bonchev–Trinajstić information content (AvgIpc) is 0.914. The third kappa shape index (κ3) is 85.3. The summed E-state index contributed by atoms with van der Waals surface area (Å²) in [4.78, 5) is 38.3. The molecule has 0 aliphatic rings. The van der Waals surface area contributed by atoms with Gasteiger partial charge in [-0.3, -0.25) is 14.2 Å². The number of phosphoric acid groups is 1. The van der Waals surface area contributed by atoms with E-state index in [0.717, 1.165) is 96.3 Å². The highest BCUT2D eigenvalue weighted by Gasteiger charge is 2.22. The molecule has 0 aromatic carbocycles. The lowest BCUT2D eigenvalue weighted by molar-refractivity contribution is -0.870. The number of rotatable bonds is 80. The summed E-state index contributed by atoms with van der Waals surface area (Å²) in [5.41, 5.74) is 0. The van der Waals surface area contributed by atoms with Crippen LogP contribution in [0.15, 0.2) is 122 Å². The van der Waals surface area contributed by atoms with Gasteiger partial charge in [-0.2, -0.15) is 0 Å². The van der Waals surface area contributed by atoms with Crippen LogP contribution in [0.1, 0.15) is 399 Å². The fraction of sp³-hybridized carbons (Fsp3) is 0.761. The van der Waals surface area contributed by atoms with Crippen LogP contribution >= 0.6 is 7.82 Å². The molecule has 0 saturated carbocycles. The molecule has 0 aliphatic heterocycles. The predicted octanol–water partition coefficient (Wildman–Crippen LogP) is 28.7. The molecule has 0 bridgehead atoms. The molecule has 0 saturated heterocycles. The van der Waals surface area contributed by atoms with Crippen LogP contribution in [0.5, 0.6) is 0 Å². The Morgan fingerprint density at radius 1 is 0.314 bits per heavy atom. The zero-order valence-corrected chi connectivity index (χ0v) is 68.4. The number of ether oxygens (including phenoxy) is 2. The first-order valence-corrected chi connectivity index (χ1v) is 44.7. The van der Waals surface area contributed by atoms with E-state index >= 15 is 0 Å². The van der Waals surface area contributed by atoms with E-state index in [9.17, 15) is 19.0 Å². The van der Waals surface area contributed by atoms with Gasteiger partial charge in [-0.15, -0.1) is 0 Å². The lowest BCUT2D eigenvalue weighted by Gasteiger charge is -2.28. The molecule has 9 nitrogen and oxygen atoms in total. The van der Waals surface area contributed by atoms with Crippen LogP contribution in [-0.2, 0) is 32.7 Å². The van der Waals surface area contributed by atoms with Gasteiger partial charge in [-0.25, -0.2) is 0 Å². The summed E-state index contributed by atoms with van der Waals surface area (Å²) in [7, 11) is 1.18. The summed E-state index contributed by atoms with van der Waals surface area (Å²) >= 11 is 0. The van der Waals surface area contributed by atoms with E-state index in [1.54, 1.807) is 0 Å². The Balaban J connectivity index is 3.91. The molecule has 2 atom stereocenters. The smallest absolute Gasteiger partial charge is 0.306 e. The molecule has 0 aromatic rings. The lowest BCUT2D eigenvalue weighted by atomic mass is 10.0. The van der Waals surface area contributed by atoms with E-state index < -0.39 is 26.5 Å². The Morgan fingerprint density at radius 2 is 0.559 bits per heavy atom. The van der Waals surface area contributed by atoms with Crippen molar-refractivity contribution in [1.29, 1.82) is 0 Å². The molecule has 102 heavy (non-hydrogen) atoms. The maximum atomic E-state index is 12.9. The number of nitrogens with zero attached hydrogens (tertiary/aromatic N) is 1. The molecule has 590 valence electrons. The van der Waals surface area contributed by atoms with Crippen LogP contribution in [-0.4, -0.2) is 70.0 Å². The maximum absolute atomic E-state index is 12.9. The molecule has 0 rings (SSSR count). The van der Waals surface area contributed by atoms with Gasteiger partial charge in [0.25, 0.3) is 7.82 Å². The number of carbonyl (C=O) groups is 2. The van der Waals surface area contributed by atoms with Gasteiger partial charge in [0.2, 0.25) is 0 Å². The number of likely N-dealkylation sites (N-methyl/N-ethyl adjacent to an activating group) is 1. The summed E-state index contributed by atoms with van der Waals surface area (Å²) in [6, 6.07) is 0.